The van der Waals surface area contributed by atoms with Gasteiger partial charge in [-0.1, -0.05) is 67.2 Å². The molecule has 21 heavy (non-hydrogen) atoms. The molecule has 0 heterocycles. The molecule has 0 amide bonds. The SMILES string of the molecule is [CH2]C(OC(=O)C(=C)C)C(c1ccccc1)c1ccccc1. The fourth-order valence-electron chi connectivity index (χ4n) is 2.25. The van der Waals surface area contributed by atoms with Crippen molar-refractivity contribution in [2.45, 2.75) is 18.9 Å². The lowest BCUT2D eigenvalue weighted by molar-refractivity contribution is -0.142. The van der Waals surface area contributed by atoms with Gasteiger partial charge in [0.25, 0.3) is 0 Å². The molecular formula is C19H19O2. The average Bonchev–Trinajstić information content (AvgIpc) is 2.49. The molecule has 2 rings (SSSR count). The molecule has 0 saturated carbocycles. The van der Waals surface area contributed by atoms with Crippen LogP contribution in [0.15, 0.2) is 72.8 Å². The second kappa shape index (κ2) is 6.89. The van der Waals surface area contributed by atoms with E-state index < -0.39 is 12.1 Å². The third kappa shape index (κ3) is 3.82. The van der Waals surface area contributed by atoms with Crippen molar-refractivity contribution in [3.8, 4) is 0 Å². The first-order chi connectivity index (χ1) is 10.1. The van der Waals surface area contributed by atoms with Crippen LogP contribution in [0.5, 0.6) is 0 Å². The number of ether oxygens (including phenoxy) is 1. The first kappa shape index (κ1) is 15.0. The second-order valence-corrected chi connectivity index (χ2v) is 5.02. The van der Waals surface area contributed by atoms with Crippen LogP contribution >= 0.6 is 0 Å². The molecule has 2 aromatic rings. The summed E-state index contributed by atoms with van der Waals surface area (Å²) in [7, 11) is 0. The predicted molar refractivity (Wildman–Crippen MR) is 84.8 cm³/mol. The topological polar surface area (TPSA) is 26.3 Å². The van der Waals surface area contributed by atoms with E-state index in [0.29, 0.717) is 5.57 Å². The summed E-state index contributed by atoms with van der Waals surface area (Å²) < 4.78 is 5.43. The van der Waals surface area contributed by atoms with Gasteiger partial charge in [-0.15, -0.1) is 0 Å². The monoisotopic (exact) mass is 279 g/mol. The second-order valence-electron chi connectivity index (χ2n) is 5.02. The van der Waals surface area contributed by atoms with Gasteiger partial charge in [-0.05, 0) is 25.0 Å². The van der Waals surface area contributed by atoms with Gasteiger partial charge in [0.05, 0.1) is 0 Å². The number of esters is 1. The highest BCUT2D eigenvalue weighted by atomic mass is 16.5. The highest BCUT2D eigenvalue weighted by Gasteiger charge is 2.24. The maximum absolute atomic E-state index is 11.8. The van der Waals surface area contributed by atoms with Gasteiger partial charge in [-0.3, -0.25) is 0 Å². The Morgan fingerprint density at radius 2 is 1.38 bits per heavy atom. The largest absolute Gasteiger partial charge is 0.458 e. The third-order valence-corrected chi connectivity index (χ3v) is 3.30. The maximum Gasteiger partial charge on any atom is 0.333 e. The summed E-state index contributed by atoms with van der Waals surface area (Å²) in [5, 5.41) is 0. The van der Waals surface area contributed by atoms with Crippen LogP contribution in [0.1, 0.15) is 24.0 Å². The van der Waals surface area contributed by atoms with Gasteiger partial charge in [-0.25, -0.2) is 4.79 Å². The van der Waals surface area contributed by atoms with Crippen LogP contribution in [0.3, 0.4) is 0 Å². The first-order valence-electron chi connectivity index (χ1n) is 6.89. The predicted octanol–water partition coefficient (Wildman–Crippen LogP) is 4.14. The lowest BCUT2D eigenvalue weighted by atomic mass is 9.87. The van der Waals surface area contributed by atoms with Crippen LogP contribution < -0.4 is 0 Å². The molecular weight excluding hydrogens is 260 g/mol. The van der Waals surface area contributed by atoms with Gasteiger partial charge < -0.3 is 4.74 Å². The molecule has 107 valence electrons. The van der Waals surface area contributed by atoms with Crippen LogP contribution in [0.2, 0.25) is 0 Å². The summed E-state index contributed by atoms with van der Waals surface area (Å²) >= 11 is 0. The van der Waals surface area contributed by atoms with E-state index in [2.05, 4.69) is 13.5 Å². The molecule has 0 spiro atoms. The Labute approximate surface area is 126 Å². The Balaban J connectivity index is 2.33. The average molecular weight is 279 g/mol. The number of hydrogen-bond donors (Lipinski definition) is 0. The fraction of sp³-hybridized carbons (Fsp3) is 0.158. The highest BCUT2D eigenvalue weighted by molar-refractivity contribution is 5.87. The highest BCUT2D eigenvalue weighted by Crippen LogP contribution is 2.29. The van der Waals surface area contributed by atoms with E-state index in [1.165, 1.54) is 0 Å². The first-order valence-corrected chi connectivity index (χ1v) is 6.89. The van der Waals surface area contributed by atoms with Crippen molar-refractivity contribution in [2.24, 2.45) is 0 Å². The standard InChI is InChI=1S/C19H19O2/c1-14(2)19(20)21-15(3)18(16-10-6-4-7-11-16)17-12-8-5-9-13-17/h4-13,15,18H,1,3H2,2H3. The van der Waals surface area contributed by atoms with Crippen molar-refractivity contribution < 1.29 is 9.53 Å². The molecule has 0 N–H and O–H groups in total. The van der Waals surface area contributed by atoms with Gasteiger partial charge >= 0.3 is 5.97 Å². The van der Waals surface area contributed by atoms with Crippen molar-refractivity contribution in [3.05, 3.63) is 90.9 Å². The summed E-state index contributed by atoms with van der Waals surface area (Å²) in [5.74, 6) is -0.512. The summed E-state index contributed by atoms with van der Waals surface area (Å²) in [5.41, 5.74) is 2.51. The number of benzene rings is 2. The molecule has 0 aliphatic carbocycles. The van der Waals surface area contributed by atoms with Crippen LogP contribution in [-0.2, 0) is 9.53 Å². The van der Waals surface area contributed by atoms with E-state index >= 15 is 0 Å². The molecule has 0 fully saturated rings. The summed E-state index contributed by atoms with van der Waals surface area (Å²) in [4.78, 5) is 11.8. The van der Waals surface area contributed by atoms with Crippen molar-refractivity contribution >= 4 is 5.97 Å². The van der Waals surface area contributed by atoms with E-state index in [1.807, 2.05) is 60.7 Å². The third-order valence-electron chi connectivity index (χ3n) is 3.30. The van der Waals surface area contributed by atoms with Gasteiger partial charge in [0.2, 0.25) is 0 Å². The minimum atomic E-state index is -0.515. The summed E-state index contributed by atoms with van der Waals surface area (Å²) in [6.07, 6.45) is -0.515. The van der Waals surface area contributed by atoms with Crippen LogP contribution in [0.4, 0.5) is 0 Å². The van der Waals surface area contributed by atoms with E-state index in [0.717, 1.165) is 11.1 Å². The zero-order chi connectivity index (χ0) is 15.2. The van der Waals surface area contributed by atoms with Crippen LogP contribution in [-0.4, -0.2) is 12.1 Å². The maximum atomic E-state index is 11.8. The molecule has 2 nitrogen and oxygen atoms in total. The Morgan fingerprint density at radius 1 is 0.952 bits per heavy atom. The van der Waals surface area contributed by atoms with Gasteiger partial charge in [0, 0.05) is 11.5 Å². The quantitative estimate of drug-likeness (QED) is 0.607. The number of rotatable bonds is 5. The Bertz CT molecular complexity index is 562. The number of carbonyl (C=O) groups excluding carboxylic acids is 1. The number of hydrogen-bond acceptors (Lipinski definition) is 2. The molecule has 0 saturated heterocycles. The molecule has 1 radical (unpaired) electrons. The van der Waals surface area contributed by atoms with Crippen LogP contribution in [0.25, 0.3) is 0 Å². The van der Waals surface area contributed by atoms with E-state index in [4.69, 9.17) is 4.74 Å². The van der Waals surface area contributed by atoms with Crippen molar-refractivity contribution in [2.75, 3.05) is 0 Å². The molecule has 0 aromatic heterocycles. The molecule has 0 aliphatic rings. The lowest BCUT2D eigenvalue weighted by Crippen LogP contribution is -2.24. The summed E-state index contributed by atoms with van der Waals surface area (Å²) in [6, 6.07) is 19.9. The summed E-state index contributed by atoms with van der Waals surface area (Å²) in [6.45, 7) is 9.27. The molecule has 0 bridgehead atoms. The smallest absolute Gasteiger partial charge is 0.333 e. The van der Waals surface area contributed by atoms with Crippen molar-refractivity contribution in [1.29, 1.82) is 0 Å². The zero-order valence-corrected chi connectivity index (χ0v) is 12.2. The minimum Gasteiger partial charge on any atom is -0.458 e. The van der Waals surface area contributed by atoms with Crippen molar-refractivity contribution in [1.82, 2.24) is 0 Å². The molecule has 0 aliphatic heterocycles. The molecule has 1 atom stereocenters. The van der Waals surface area contributed by atoms with E-state index in [-0.39, 0.29) is 5.92 Å². The zero-order valence-electron chi connectivity index (χ0n) is 12.2. The minimum absolute atomic E-state index is 0.101. The molecule has 1 unspecified atom stereocenters. The van der Waals surface area contributed by atoms with Gasteiger partial charge in [-0.2, -0.15) is 0 Å². The molecule has 2 heteroatoms. The van der Waals surface area contributed by atoms with Crippen LogP contribution in [0, 0.1) is 6.92 Å². The van der Waals surface area contributed by atoms with E-state index in [9.17, 15) is 4.79 Å². The van der Waals surface area contributed by atoms with E-state index in [1.54, 1.807) is 6.92 Å². The Hall–Kier alpha value is -2.35. The van der Waals surface area contributed by atoms with Gasteiger partial charge in [0.1, 0.15) is 6.10 Å². The number of carbonyl (C=O) groups is 1. The normalized spacial score (nSPS) is 12.0. The van der Waals surface area contributed by atoms with Gasteiger partial charge in [0.15, 0.2) is 0 Å². The Morgan fingerprint density at radius 3 is 1.76 bits per heavy atom. The lowest BCUT2D eigenvalue weighted by Gasteiger charge is -2.25. The Kier molecular flexibility index (Phi) is 4.94. The molecule has 2 aromatic carbocycles. The van der Waals surface area contributed by atoms with Crippen molar-refractivity contribution in [3.63, 3.8) is 0 Å². The fourth-order valence-corrected chi connectivity index (χ4v) is 2.25.